The van der Waals surface area contributed by atoms with Crippen molar-refractivity contribution in [3.63, 3.8) is 0 Å². The van der Waals surface area contributed by atoms with E-state index in [1.54, 1.807) is 7.11 Å². The lowest BCUT2D eigenvalue weighted by Crippen LogP contribution is -2.16. The largest absolute Gasteiger partial charge is 0.382 e. The van der Waals surface area contributed by atoms with Crippen molar-refractivity contribution in [2.24, 2.45) is 0 Å². The van der Waals surface area contributed by atoms with Crippen molar-refractivity contribution in [2.45, 2.75) is 12.5 Å². The quantitative estimate of drug-likeness (QED) is 0.320. The van der Waals surface area contributed by atoms with Crippen LogP contribution in [0.1, 0.15) is 6.92 Å². The van der Waals surface area contributed by atoms with Crippen LogP contribution in [0, 0.1) is 0 Å². The van der Waals surface area contributed by atoms with Gasteiger partial charge in [0, 0.05) is 7.11 Å². The van der Waals surface area contributed by atoms with Gasteiger partial charge in [-0.2, -0.15) is 0 Å². The standard InChI is InChI=1S/C8H16O4/c1-8(6-12-8)5-11-7-10-4-3-9-2/h3-7H2,1-2H3. The molecule has 1 saturated heterocycles. The van der Waals surface area contributed by atoms with Crippen LogP contribution in [0.5, 0.6) is 0 Å². The van der Waals surface area contributed by atoms with E-state index in [0.29, 0.717) is 26.6 Å². The summed E-state index contributed by atoms with van der Waals surface area (Å²) < 4.78 is 20.2. The predicted molar refractivity (Wildman–Crippen MR) is 43.0 cm³/mol. The monoisotopic (exact) mass is 176 g/mol. The number of hydrogen-bond acceptors (Lipinski definition) is 4. The number of hydrogen-bond donors (Lipinski definition) is 0. The third kappa shape index (κ3) is 4.01. The van der Waals surface area contributed by atoms with Crippen molar-refractivity contribution in [3.05, 3.63) is 0 Å². The predicted octanol–water partition coefficient (Wildman–Crippen LogP) is 0.412. The smallest absolute Gasteiger partial charge is 0.146 e. The van der Waals surface area contributed by atoms with Gasteiger partial charge in [0.25, 0.3) is 0 Å². The minimum Gasteiger partial charge on any atom is -0.382 e. The molecule has 1 heterocycles. The summed E-state index contributed by atoms with van der Waals surface area (Å²) in [6.07, 6.45) is 0. The Balaban J connectivity index is 1.77. The third-order valence-corrected chi connectivity index (χ3v) is 1.64. The van der Waals surface area contributed by atoms with E-state index in [0.717, 1.165) is 6.61 Å². The van der Waals surface area contributed by atoms with Crippen molar-refractivity contribution in [2.75, 3.05) is 40.3 Å². The Hall–Kier alpha value is -0.160. The van der Waals surface area contributed by atoms with E-state index < -0.39 is 0 Å². The molecule has 1 aliphatic heterocycles. The van der Waals surface area contributed by atoms with Crippen molar-refractivity contribution < 1.29 is 18.9 Å². The minimum atomic E-state index is -0.0371. The van der Waals surface area contributed by atoms with Crippen LogP contribution in [0.3, 0.4) is 0 Å². The molecule has 4 nitrogen and oxygen atoms in total. The highest BCUT2D eigenvalue weighted by molar-refractivity contribution is 4.86. The number of epoxide rings is 1. The highest BCUT2D eigenvalue weighted by Gasteiger charge is 2.39. The summed E-state index contributed by atoms with van der Waals surface area (Å²) in [7, 11) is 1.64. The average molecular weight is 176 g/mol. The van der Waals surface area contributed by atoms with Crippen LogP contribution in [0.15, 0.2) is 0 Å². The molecule has 0 aliphatic carbocycles. The molecule has 0 aromatic carbocycles. The normalized spacial score (nSPS) is 27.5. The van der Waals surface area contributed by atoms with Crippen LogP contribution >= 0.6 is 0 Å². The molecule has 4 heteroatoms. The third-order valence-electron chi connectivity index (χ3n) is 1.64. The highest BCUT2D eigenvalue weighted by Crippen LogP contribution is 2.25. The van der Waals surface area contributed by atoms with Gasteiger partial charge >= 0.3 is 0 Å². The number of ether oxygens (including phenoxy) is 4. The maximum atomic E-state index is 5.20. The lowest BCUT2D eigenvalue weighted by atomic mass is 10.2. The summed E-state index contributed by atoms with van der Waals surface area (Å²) in [5, 5.41) is 0. The summed E-state index contributed by atoms with van der Waals surface area (Å²) in [5.74, 6) is 0. The lowest BCUT2D eigenvalue weighted by molar-refractivity contribution is -0.0766. The lowest BCUT2D eigenvalue weighted by Gasteiger charge is -2.07. The van der Waals surface area contributed by atoms with E-state index in [2.05, 4.69) is 0 Å². The van der Waals surface area contributed by atoms with Crippen molar-refractivity contribution >= 4 is 0 Å². The van der Waals surface area contributed by atoms with Gasteiger partial charge in [-0.25, -0.2) is 0 Å². The molecule has 12 heavy (non-hydrogen) atoms. The van der Waals surface area contributed by atoms with Crippen LogP contribution in [-0.2, 0) is 18.9 Å². The first-order chi connectivity index (χ1) is 5.77. The summed E-state index contributed by atoms with van der Waals surface area (Å²) >= 11 is 0. The summed E-state index contributed by atoms with van der Waals surface area (Å²) in [6.45, 7) is 4.93. The Morgan fingerprint density at radius 2 is 2.08 bits per heavy atom. The topological polar surface area (TPSA) is 40.2 Å². The molecule has 1 unspecified atom stereocenters. The first-order valence-corrected chi connectivity index (χ1v) is 4.05. The Kier molecular flexibility index (Phi) is 3.94. The molecule has 0 amide bonds. The van der Waals surface area contributed by atoms with Crippen LogP contribution in [-0.4, -0.2) is 45.9 Å². The second kappa shape index (κ2) is 4.77. The molecular weight excluding hydrogens is 160 g/mol. The molecule has 0 spiro atoms. The van der Waals surface area contributed by atoms with Crippen LogP contribution in [0.25, 0.3) is 0 Å². The summed E-state index contributed by atoms with van der Waals surface area (Å²) in [6, 6.07) is 0. The summed E-state index contributed by atoms with van der Waals surface area (Å²) in [5.41, 5.74) is -0.0371. The molecule has 0 bridgehead atoms. The fourth-order valence-corrected chi connectivity index (χ4v) is 0.724. The first kappa shape index (κ1) is 9.92. The molecule has 0 saturated carbocycles. The molecule has 0 radical (unpaired) electrons. The number of methoxy groups -OCH3 is 1. The van der Waals surface area contributed by atoms with Gasteiger partial charge in [-0.05, 0) is 6.92 Å². The average Bonchev–Trinajstić information content (AvgIpc) is 2.77. The molecule has 0 aromatic heterocycles. The van der Waals surface area contributed by atoms with E-state index in [1.807, 2.05) is 6.92 Å². The van der Waals surface area contributed by atoms with E-state index in [4.69, 9.17) is 18.9 Å². The van der Waals surface area contributed by atoms with Gasteiger partial charge in [-0.3, -0.25) is 0 Å². The molecule has 1 rings (SSSR count). The van der Waals surface area contributed by atoms with E-state index in [9.17, 15) is 0 Å². The van der Waals surface area contributed by atoms with Gasteiger partial charge in [-0.1, -0.05) is 0 Å². The molecule has 1 aliphatic rings. The van der Waals surface area contributed by atoms with E-state index in [-0.39, 0.29) is 5.60 Å². The molecule has 0 N–H and O–H groups in total. The Bertz CT molecular complexity index is 122. The Labute approximate surface area is 72.7 Å². The molecule has 72 valence electrons. The Morgan fingerprint density at radius 1 is 1.33 bits per heavy atom. The van der Waals surface area contributed by atoms with Crippen LogP contribution in [0.4, 0.5) is 0 Å². The van der Waals surface area contributed by atoms with Crippen LogP contribution in [0.2, 0.25) is 0 Å². The van der Waals surface area contributed by atoms with E-state index >= 15 is 0 Å². The minimum absolute atomic E-state index is 0.0371. The van der Waals surface area contributed by atoms with Gasteiger partial charge in [-0.15, -0.1) is 0 Å². The summed E-state index contributed by atoms with van der Waals surface area (Å²) in [4.78, 5) is 0. The van der Waals surface area contributed by atoms with Gasteiger partial charge < -0.3 is 18.9 Å². The van der Waals surface area contributed by atoms with Gasteiger partial charge in [0.1, 0.15) is 12.4 Å². The SMILES string of the molecule is COCCOCOCC1(C)CO1. The van der Waals surface area contributed by atoms with E-state index in [1.165, 1.54) is 0 Å². The van der Waals surface area contributed by atoms with Crippen LogP contribution < -0.4 is 0 Å². The number of rotatable bonds is 7. The molecule has 1 atom stereocenters. The maximum absolute atomic E-state index is 5.20. The second-order valence-electron chi connectivity index (χ2n) is 3.11. The zero-order chi connectivity index (χ0) is 8.86. The van der Waals surface area contributed by atoms with Crippen molar-refractivity contribution in [1.29, 1.82) is 0 Å². The Morgan fingerprint density at radius 3 is 2.67 bits per heavy atom. The van der Waals surface area contributed by atoms with Gasteiger partial charge in [0.2, 0.25) is 0 Å². The second-order valence-corrected chi connectivity index (χ2v) is 3.11. The van der Waals surface area contributed by atoms with Gasteiger partial charge in [0.15, 0.2) is 0 Å². The van der Waals surface area contributed by atoms with Crippen molar-refractivity contribution in [1.82, 2.24) is 0 Å². The van der Waals surface area contributed by atoms with Gasteiger partial charge in [0.05, 0.1) is 26.4 Å². The fraction of sp³-hybridized carbons (Fsp3) is 1.00. The first-order valence-electron chi connectivity index (χ1n) is 4.05. The maximum Gasteiger partial charge on any atom is 0.146 e. The fourth-order valence-electron chi connectivity index (χ4n) is 0.724. The molecular formula is C8H16O4. The van der Waals surface area contributed by atoms with Crippen molar-refractivity contribution in [3.8, 4) is 0 Å². The zero-order valence-electron chi connectivity index (χ0n) is 7.67. The molecule has 1 fully saturated rings. The molecule has 0 aromatic rings. The zero-order valence-corrected chi connectivity index (χ0v) is 7.67. The highest BCUT2D eigenvalue weighted by atomic mass is 16.7.